The molecule has 110 valence electrons. The fraction of sp³-hybridized carbons (Fsp3) is 0.0625. The maximum atomic E-state index is 12.2. The molecular formula is C16H10Cl2N2O2. The zero-order valence-electron chi connectivity index (χ0n) is 11.2. The van der Waals surface area contributed by atoms with Crippen LogP contribution in [0.2, 0.25) is 10.0 Å². The van der Waals surface area contributed by atoms with Gasteiger partial charge in [-0.3, -0.25) is 9.59 Å². The highest BCUT2D eigenvalue weighted by molar-refractivity contribution is 6.44. The van der Waals surface area contributed by atoms with Crippen LogP contribution in [0.4, 0.5) is 5.69 Å². The Morgan fingerprint density at radius 2 is 1.59 bits per heavy atom. The van der Waals surface area contributed by atoms with Crippen LogP contribution in [-0.2, 0) is 9.59 Å². The lowest BCUT2D eigenvalue weighted by Crippen LogP contribution is -2.28. The van der Waals surface area contributed by atoms with Crippen molar-refractivity contribution >= 4 is 40.6 Å². The number of ketones is 1. The summed E-state index contributed by atoms with van der Waals surface area (Å²) in [5, 5.41) is 12.0. The van der Waals surface area contributed by atoms with Crippen LogP contribution in [0.15, 0.2) is 48.5 Å². The van der Waals surface area contributed by atoms with E-state index in [4.69, 9.17) is 23.2 Å². The summed E-state index contributed by atoms with van der Waals surface area (Å²) < 4.78 is 0. The van der Waals surface area contributed by atoms with Gasteiger partial charge in [0, 0.05) is 21.3 Å². The molecule has 0 saturated heterocycles. The number of rotatable bonds is 4. The van der Waals surface area contributed by atoms with E-state index in [0.717, 1.165) is 0 Å². The van der Waals surface area contributed by atoms with E-state index < -0.39 is 17.6 Å². The fourth-order valence-corrected chi connectivity index (χ4v) is 2.50. The van der Waals surface area contributed by atoms with E-state index in [0.29, 0.717) is 5.69 Å². The summed E-state index contributed by atoms with van der Waals surface area (Å²) in [7, 11) is 0. The average molecular weight is 333 g/mol. The summed E-state index contributed by atoms with van der Waals surface area (Å²) in [4.78, 5) is 24.2. The third-order valence-electron chi connectivity index (χ3n) is 2.94. The molecule has 0 radical (unpaired) electrons. The summed E-state index contributed by atoms with van der Waals surface area (Å²) in [5.41, 5.74) is 0.601. The molecule has 4 nitrogen and oxygen atoms in total. The monoisotopic (exact) mass is 332 g/mol. The third kappa shape index (κ3) is 3.45. The molecule has 2 aromatic carbocycles. The number of nitrogens with zero attached hydrogens (tertiary/aromatic N) is 1. The van der Waals surface area contributed by atoms with Gasteiger partial charge in [-0.2, -0.15) is 5.26 Å². The first-order chi connectivity index (χ1) is 10.5. The number of nitriles is 1. The summed E-state index contributed by atoms with van der Waals surface area (Å²) in [5.74, 6) is -3.17. The molecule has 1 amide bonds. The molecule has 0 saturated carbocycles. The van der Waals surface area contributed by atoms with Crippen LogP contribution in [0, 0.1) is 11.3 Å². The summed E-state index contributed by atoms with van der Waals surface area (Å²) in [6.07, 6.45) is 0. The predicted molar refractivity (Wildman–Crippen MR) is 84.9 cm³/mol. The van der Waals surface area contributed by atoms with Crippen molar-refractivity contribution in [3.63, 3.8) is 0 Å². The van der Waals surface area contributed by atoms with Crippen LogP contribution in [0.5, 0.6) is 0 Å². The number of Topliss-reactive ketones (excluding diaryl/α,β-unsaturated/α-hetero) is 1. The van der Waals surface area contributed by atoms with Gasteiger partial charge in [0.2, 0.25) is 5.78 Å². The van der Waals surface area contributed by atoms with Crippen LogP contribution in [0.25, 0.3) is 0 Å². The van der Waals surface area contributed by atoms with Gasteiger partial charge in [0.05, 0.1) is 6.07 Å². The van der Waals surface area contributed by atoms with E-state index in [9.17, 15) is 14.9 Å². The van der Waals surface area contributed by atoms with Gasteiger partial charge in [-0.15, -0.1) is 0 Å². The quantitative estimate of drug-likeness (QED) is 0.865. The number of para-hydroxylation sites is 1. The molecule has 0 bridgehead atoms. The molecule has 0 fully saturated rings. The number of hydrogen-bond donors (Lipinski definition) is 1. The number of carbonyl (C=O) groups is 2. The molecule has 0 spiro atoms. The highest BCUT2D eigenvalue weighted by atomic mass is 35.5. The molecule has 0 aliphatic rings. The first kappa shape index (κ1) is 16.0. The molecule has 0 heterocycles. The van der Waals surface area contributed by atoms with Gasteiger partial charge in [-0.05, 0) is 24.3 Å². The molecule has 0 aliphatic heterocycles. The topological polar surface area (TPSA) is 70.0 Å². The third-order valence-corrected chi connectivity index (χ3v) is 3.59. The lowest BCUT2D eigenvalue weighted by Gasteiger charge is -2.12. The van der Waals surface area contributed by atoms with E-state index in [1.807, 2.05) is 0 Å². The summed E-state index contributed by atoms with van der Waals surface area (Å²) in [6.45, 7) is 0. The number of halogens is 2. The first-order valence-electron chi connectivity index (χ1n) is 6.28. The molecule has 0 aliphatic carbocycles. The minimum Gasteiger partial charge on any atom is -0.319 e. The van der Waals surface area contributed by atoms with E-state index >= 15 is 0 Å². The van der Waals surface area contributed by atoms with E-state index in [2.05, 4.69) is 5.32 Å². The largest absolute Gasteiger partial charge is 0.319 e. The SMILES string of the molecule is N#CC(C(=O)C(=O)Nc1ccccc1)c1c(Cl)cccc1Cl. The van der Waals surface area contributed by atoms with Crippen molar-refractivity contribution in [1.82, 2.24) is 0 Å². The minimum atomic E-state index is -1.36. The molecule has 6 heteroatoms. The summed E-state index contributed by atoms with van der Waals surface area (Å²) in [6, 6.07) is 14.9. The number of nitrogens with one attached hydrogen (secondary N) is 1. The minimum absolute atomic E-state index is 0.140. The Morgan fingerprint density at radius 3 is 2.14 bits per heavy atom. The number of hydrogen-bond acceptors (Lipinski definition) is 3. The number of benzene rings is 2. The zero-order valence-corrected chi connectivity index (χ0v) is 12.7. The van der Waals surface area contributed by atoms with Crippen molar-refractivity contribution in [2.24, 2.45) is 0 Å². The van der Waals surface area contributed by atoms with Crippen molar-refractivity contribution in [2.75, 3.05) is 5.32 Å². The van der Waals surface area contributed by atoms with Crippen molar-refractivity contribution in [2.45, 2.75) is 5.92 Å². The van der Waals surface area contributed by atoms with Crippen LogP contribution >= 0.6 is 23.2 Å². The summed E-state index contributed by atoms with van der Waals surface area (Å²) >= 11 is 12.0. The Labute approximate surface area is 137 Å². The first-order valence-corrected chi connectivity index (χ1v) is 7.04. The average Bonchev–Trinajstić information content (AvgIpc) is 2.51. The maximum absolute atomic E-state index is 12.2. The van der Waals surface area contributed by atoms with Crippen LogP contribution in [-0.4, -0.2) is 11.7 Å². The van der Waals surface area contributed by atoms with Crippen molar-refractivity contribution in [3.8, 4) is 6.07 Å². The second kappa shape index (κ2) is 7.08. The van der Waals surface area contributed by atoms with Crippen molar-refractivity contribution in [3.05, 3.63) is 64.1 Å². The normalized spacial score (nSPS) is 11.3. The Morgan fingerprint density at radius 1 is 1.00 bits per heavy atom. The molecule has 1 unspecified atom stereocenters. The van der Waals surface area contributed by atoms with Crippen LogP contribution < -0.4 is 5.32 Å². The van der Waals surface area contributed by atoms with Crippen molar-refractivity contribution < 1.29 is 9.59 Å². The van der Waals surface area contributed by atoms with Gasteiger partial charge in [0.25, 0.3) is 5.91 Å². The van der Waals surface area contributed by atoms with Gasteiger partial charge in [0.15, 0.2) is 0 Å². The lowest BCUT2D eigenvalue weighted by atomic mass is 9.95. The molecule has 1 atom stereocenters. The van der Waals surface area contributed by atoms with Crippen LogP contribution in [0.3, 0.4) is 0 Å². The van der Waals surface area contributed by atoms with E-state index in [1.165, 1.54) is 12.1 Å². The molecule has 2 aromatic rings. The smallest absolute Gasteiger partial charge is 0.293 e. The highest BCUT2D eigenvalue weighted by Crippen LogP contribution is 2.32. The predicted octanol–water partition coefficient (Wildman–Crippen LogP) is 3.81. The molecule has 22 heavy (non-hydrogen) atoms. The van der Waals surface area contributed by atoms with Gasteiger partial charge < -0.3 is 5.32 Å². The van der Waals surface area contributed by atoms with Gasteiger partial charge >= 0.3 is 0 Å². The number of amides is 1. The highest BCUT2D eigenvalue weighted by Gasteiger charge is 2.30. The van der Waals surface area contributed by atoms with Crippen molar-refractivity contribution in [1.29, 1.82) is 5.26 Å². The Balaban J connectivity index is 2.26. The van der Waals surface area contributed by atoms with E-state index in [1.54, 1.807) is 42.5 Å². The molecule has 2 rings (SSSR count). The second-order valence-corrected chi connectivity index (χ2v) is 5.20. The lowest BCUT2D eigenvalue weighted by molar-refractivity contribution is -0.135. The van der Waals surface area contributed by atoms with Gasteiger partial charge in [-0.25, -0.2) is 0 Å². The van der Waals surface area contributed by atoms with Crippen LogP contribution in [0.1, 0.15) is 11.5 Å². The maximum Gasteiger partial charge on any atom is 0.293 e. The Kier molecular flexibility index (Phi) is 5.16. The second-order valence-electron chi connectivity index (χ2n) is 4.38. The Hall–Kier alpha value is -2.35. The molecule has 1 N–H and O–H groups in total. The molecule has 0 aromatic heterocycles. The number of anilines is 1. The van der Waals surface area contributed by atoms with Gasteiger partial charge in [0.1, 0.15) is 5.92 Å². The molecular weight excluding hydrogens is 323 g/mol. The van der Waals surface area contributed by atoms with Gasteiger partial charge in [-0.1, -0.05) is 47.5 Å². The Bertz CT molecular complexity index is 734. The standard InChI is InChI=1S/C16H10Cl2N2O2/c17-12-7-4-8-13(18)14(12)11(9-19)15(21)16(22)20-10-5-2-1-3-6-10/h1-8,11H,(H,20,22). The fourth-order valence-electron chi connectivity index (χ4n) is 1.89. The number of carbonyl (C=O) groups excluding carboxylic acids is 2. The van der Waals surface area contributed by atoms with E-state index in [-0.39, 0.29) is 15.6 Å². The zero-order chi connectivity index (χ0) is 16.1.